The minimum absolute atomic E-state index is 0.140. The first-order chi connectivity index (χ1) is 13.4. The molecule has 0 aliphatic carbocycles. The molecule has 8 nitrogen and oxygen atoms in total. The van der Waals surface area contributed by atoms with E-state index in [1.165, 1.54) is 13.1 Å². The van der Waals surface area contributed by atoms with Crippen LogP contribution in [0.2, 0.25) is 0 Å². The first-order valence-electron chi connectivity index (χ1n) is 9.29. The summed E-state index contributed by atoms with van der Waals surface area (Å²) in [6, 6.07) is 8.14. The van der Waals surface area contributed by atoms with E-state index in [-0.39, 0.29) is 5.03 Å². The Bertz CT molecular complexity index is 1010. The molecule has 4 bridgehead atoms. The lowest BCUT2D eigenvalue weighted by atomic mass is 10.0. The van der Waals surface area contributed by atoms with Crippen molar-refractivity contribution < 1.29 is 13.2 Å². The molecule has 0 spiro atoms. The van der Waals surface area contributed by atoms with Gasteiger partial charge in [-0.25, -0.2) is 14.3 Å². The highest BCUT2D eigenvalue weighted by Gasteiger charge is 2.33. The number of fused-ring (bicyclic) bond motifs is 6. The molecule has 0 saturated carbocycles. The van der Waals surface area contributed by atoms with E-state index in [1.54, 1.807) is 30.5 Å². The fourth-order valence-corrected chi connectivity index (χ4v) is 4.80. The fraction of sp³-hybridized carbons (Fsp3) is 0.421. The summed E-state index contributed by atoms with van der Waals surface area (Å²) in [6.45, 7) is 2.38. The number of rotatable bonds is 0. The normalized spacial score (nSPS) is 22.0. The lowest BCUT2D eigenvalue weighted by Crippen LogP contribution is -2.36. The minimum Gasteiger partial charge on any atom is -0.360 e. The van der Waals surface area contributed by atoms with Crippen LogP contribution < -0.4 is 9.80 Å². The molecule has 0 aromatic carbocycles. The number of pyridine rings is 2. The molecule has 148 valence electrons. The molecule has 2 aliphatic heterocycles. The van der Waals surface area contributed by atoms with Crippen LogP contribution in [0.5, 0.6) is 0 Å². The highest BCUT2D eigenvalue weighted by atomic mass is 32.2. The van der Waals surface area contributed by atoms with E-state index in [1.807, 2.05) is 11.9 Å². The van der Waals surface area contributed by atoms with Gasteiger partial charge in [-0.1, -0.05) is 6.07 Å². The van der Waals surface area contributed by atoms with Gasteiger partial charge in [0.15, 0.2) is 5.03 Å². The first-order valence-corrected chi connectivity index (χ1v) is 10.7. The van der Waals surface area contributed by atoms with Gasteiger partial charge < -0.3 is 9.80 Å². The van der Waals surface area contributed by atoms with Crippen molar-refractivity contribution in [3.63, 3.8) is 0 Å². The molecule has 2 aliphatic rings. The van der Waals surface area contributed by atoms with Crippen LogP contribution in [0.1, 0.15) is 23.2 Å². The van der Waals surface area contributed by atoms with Crippen molar-refractivity contribution in [2.24, 2.45) is 5.92 Å². The van der Waals surface area contributed by atoms with Gasteiger partial charge in [-0.15, -0.1) is 0 Å². The molecule has 0 N–H and O–H groups in total. The Balaban J connectivity index is 1.84. The van der Waals surface area contributed by atoms with Crippen LogP contribution in [0.3, 0.4) is 0 Å². The zero-order chi connectivity index (χ0) is 19.9. The van der Waals surface area contributed by atoms with Crippen LogP contribution in [-0.2, 0) is 10.0 Å². The first kappa shape index (κ1) is 18.7. The molecule has 1 saturated heterocycles. The molecule has 28 heavy (non-hydrogen) atoms. The molecule has 1 unspecified atom stereocenters. The largest absolute Gasteiger partial charge is 0.360 e. The number of hydrogen-bond donors (Lipinski definition) is 0. The van der Waals surface area contributed by atoms with E-state index in [0.717, 1.165) is 36.8 Å². The Hall–Kier alpha value is -2.68. The van der Waals surface area contributed by atoms with Gasteiger partial charge in [0.25, 0.3) is 15.9 Å². The lowest BCUT2D eigenvalue weighted by Gasteiger charge is -2.25. The van der Waals surface area contributed by atoms with Gasteiger partial charge in [-0.05, 0) is 43.0 Å². The SMILES string of the molecule is CN1CCC2CCN(C2)c2ncccc2C(=O)N(C)S(=O)(=O)c2cccc1n2. The zero-order valence-electron chi connectivity index (χ0n) is 15.9. The summed E-state index contributed by atoms with van der Waals surface area (Å²) in [5.74, 6) is 1.00. The maximum atomic E-state index is 13.1. The van der Waals surface area contributed by atoms with E-state index >= 15 is 0 Å². The van der Waals surface area contributed by atoms with Crippen LogP contribution in [-0.4, -0.2) is 62.3 Å². The van der Waals surface area contributed by atoms with E-state index < -0.39 is 15.9 Å². The van der Waals surface area contributed by atoms with Crippen LogP contribution in [0.15, 0.2) is 41.6 Å². The summed E-state index contributed by atoms with van der Waals surface area (Å²) in [5, 5.41) is -0.140. The average Bonchev–Trinajstić information content (AvgIpc) is 3.19. The highest BCUT2D eigenvalue weighted by Crippen LogP contribution is 2.29. The highest BCUT2D eigenvalue weighted by molar-refractivity contribution is 7.89. The van der Waals surface area contributed by atoms with Crippen molar-refractivity contribution in [1.82, 2.24) is 14.3 Å². The molecular formula is C19H23N5O3S. The van der Waals surface area contributed by atoms with Crippen LogP contribution in [0, 0.1) is 5.92 Å². The Morgan fingerprint density at radius 1 is 1.07 bits per heavy atom. The summed E-state index contributed by atoms with van der Waals surface area (Å²) in [7, 11) is -0.904. The predicted octanol–water partition coefficient (Wildman–Crippen LogP) is 1.60. The third kappa shape index (κ3) is 3.19. The van der Waals surface area contributed by atoms with E-state index in [2.05, 4.69) is 14.9 Å². The topological polar surface area (TPSA) is 86.7 Å². The third-order valence-electron chi connectivity index (χ3n) is 5.49. The van der Waals surface area contributed by atoms with Crippen LogP contribution in [0.4, 0.5) is 11.6 Å². The van der Waals surface area contributed by atoms with Crippen molar-refractivity contribution in [3.8, 4) is 0 Å². The molecule has 4 rings (SSSR count). The van der Waals surface area contributed by atoms with Crippen molar-refractivity contribution in [3.05, 3.63) is 42.1 Å². The molecule has 2 aromatic rings. The number of anilines is 2. The number of sulfonamides is 1. The summed E-state index contributed by atoms with van der Waals surface area (Å²) in [6.07, 6.45) is 3.61. The second kappa shape index (κ2) is 7.05. The summed E-state index contributed by atoms with van der Waals surface area (Å²) in [5.41, 5.74) is 0.291. The van der Waals surface area contributed by atoms with Crippen molar-refractivity contribution in [2.75, 3.05) is 43.5 Å². The predicted molar refractivity (Wildman–Crippen MR) is 106 cm³/mol. The Morgan fingerprint density at radius 3 is 2.68 bits per heavy atom. The van der Waals surface area contributed by atoms with Gasteiger partial charge in [0.2, 0.25) is 0 Å². The Morgan fingerprint density at radius 2 is 1.86 bits per heavy atom. The van der Waals surface area contributed by atoms with Crippen LogP contribution in [0.25, 0.3) is 0 Å². The maximum absolute atomic E-state index is 13.1. The van der Waals surface area contributed by atoms with E-state index in [9.17, 15) is 13.2 Å². The molecule has 2 aromatic heterocycles. The number of carbonyl (C=O) groups excluding carboxylic acids is 1. The molecular weight excluding hydrogens is 378 g/mol. The zero-order valence-corrected chi connectivity index (χ0v) is 16.8. The number of hydrogen-bond acceptors (Lipinski definition) is 7. The van der Waals surface area contributed by atoms with Gasteiger partial charge in [-0.3, -0.25) is 4.79 Å². The summed E-state index contributed by atoms with van der Waals surface area (Å²) < 4.78 is 26.8. The second-order valence-corrected chi connectivity index (χ2v) is 9.21. The smallest absolute Gasteiger partial charge is 0.284 e. The number of carbonyl (C=O) groups is 1. The van der Waals surface area contributed by atoms with Crippen molar-refractivity contribution in [2.45, 2.75) is 17.9 Å². The monoisotopic (exact) mass is 401 g/mol. The van der Waals surface area contributed by atoms with Gasteiger partial charge >= 0.3 is 0 Å². The number of aromatic nitrogens is 2. The Kier molecular flexibility index (Phi) is 4.70. The van der Waals surface area contributed by atoms with Crippen LogP contribution >= 0.6 is 0 Å². The minimum atomic E-state index is -4.08. The molecule has 9 heteroatoms. The molecule has 1 amide bonds. The quantitative estimate of drug-likeness (QED) is 0.663. The van der Waals surface area contributed by atoms with E-state index in [4.69, 9.17) is 0 Å². The van der Waals surface area contributed by atoms with Crippen molar-refractivity contribution in [1.29, 1.82) is 0 Å². The number of nitrogens with zero attached hydrogens (tertiary/aromatic N) is 5. The average molecular weight is 401 g/mol. The molecule has 1 atom stereocenters. The number of amides is 1. The molecule has 0 radical (unpaired) electrons. The van der Waals surface area contributed by atoms with E-state index in [0.29, 0.717) is 23.1 Å². The third-order valence-corrected chi connectivity index (χ3v) is 7.13. The molecule has 4 heterocycles. The lowest BCUT2D eigenvalue weighted by molar-refractivity contribution is 0.0883. The van der Waals surface area contributed by atoms with Gasteiger partial charge in [0.05, 0.1) is 5.56 Å². The Labute approximate surface area is 164 Å². The van der Waals surface area contributed by atoms with Crippen molar-refractivity contribution >= 4 is 27.6 Å². The second-order valence-electron chi connectivity index (χ2n) is 7.30. The summed E-state index contributed by atoms with van der Waals surface area (Å²) >= 11 is 0. The van der Waals surface area contributed by atoms with Gasteiger partial charge in [0.1, 0.15) is 11.6 Å². The molecule has 1 fully saturated rings. The fourth-order valence-electron chi connectivity index (χ4n) is 3.75. The van der Waals surface area contributed by atoms with Gasteiger partial charge in [0, 0.05) is 39.9 Å². The standard InChI is InChI=1S/C19H23N5O3S/c1-22-11-8-14-9-12-24(13-14)18-15(5-4-10-20-18)19(25)23(2)28(26,27)17-7-3-6-16(22)21-17/h3-7,10,14H,8-9,11-13H2,1-2H3. The van der Waals surface area contributed by atoms with Gasteiger partial charge in [-0.2, -0.15) is 8.42 Å². The summed E-state index contributed by atoms with van der Waals surface area (Å²) in [4.78, 5) is 25.9. The maximum Gasteiger partial charge on any atom is 0.284 e.